The zero-order valence-corrected chi connectivity index (χ0v) is 12.7. The maximum atomic E-state index is 12.4. The van der Waals surface area contributed by atoms with Gasteiger partial charge in [-0.3, -0.25) is 0 Å². The van der Waals surface area contributed by atoms with E-state index in [0.717, 1.165) is 12.8 Å². The van der Waals surface area contributed by atoms with Crippen molar-refractivity contribution in [1.82, 2.24) is 4.31 Å². The van der Waals surface area contributed by atoms with E-state index in [1.54, 1.807) is 18.2 Å². The van der Waals surface area contributed by atoms with Crippen molar-refractivity contribution in [1.29, 1.82) is 0 Å². The fourth-order valence-corrected chi connectivity index (χ4v) is 4.47. The van der Waals surface area contributed by atoms with E-state index in [1.807, 2.05) is 0 Å². The van der Waals surface area contributed by atoms with Gasteiger partial charge in [0.05, 0.1) is 15.8 Å². The Morgan fingerprint density at radius 3 is 2.68 bits per heavy atom. The third-order valence-electron chi connectivity index (χ3n) is 3.29. The molecule has 0 aliphatic carbocycles. The van der Waals surface area contributed by atoms with Crippen molar-refractivity contribution in [3.8, 4) is 0 Å². The van der Waals surface area contributed by atoms with Crippen LogP contribution in [0.2, 0.25) is 10.0 Å². The van der Waals surface area contributed by atoms with Gasteiger partial charge in [-0.15, -0.1) is 0 Å². The molecule has 19 heavy (non-hydrogen) atoms. The van der Waals surface area contributed by atoms with Crippen LogP contribution in [0, 0.1) is 0 Å². The fraction of sp³-hybridized carbons (Fsp3) is 0.500. The highest BCUT2D eigenvalue weighted by atomic mass is 35.5. The monoisotopic (exact) mass is 322 g/mol. The molecule has 0 saturated carbocycles. The van der Waals surface area contributed by atoms with E-state index >= 15 is 0 Å². The normalized spacial score (nSPS) is 20.9. The van der Waals surface area contributed by atoms with Crippen LogP contribution < -0.4 is 5.73 Å². The summed E-state index contributed by atoms with van der Waals surface area (Å²) in [7, 11) is -3.35. The molecule has 2 rings (SSSR count). The highest BCUT2D eigenvalue weighted by molar-refractivity contribution is 7.88. The third-order valence-corrected chi connectivity index (χ3v) is 5.92. The third kappa shape index (κ3) is 3.41. The van der Waals surface area contributed by atoms with Crippen LogP contribution in [0.3, 0.4) is 0 Å². The van der Waals surface area contributed by atoms with Gasteiger partial charge in [-0.2, -0.15) is 4.31 Å². The van der Waals surface area contributed by atoms with E-state index < -0.39 is 10.0 Å². The number of hydrogen-bond donors (Lipinski definition) is 1. The predicted octanol–water partition coefficient (Wildman–Crippen LogP) is 2.25. The maximum absolute atomic E-state index is 12.4. The molecule has 1 atom stereocenters. The molecule has 1 aliphatic rings. The van der Waals surface area contributed by atoms with Crippen molar-refractivity contribution in [3.05, 3.63) is 33.8 Å². The van der Waals surface area contributed by atoms with Crippen molar-refractivity contribution in [2.45, 2.75) is 24.6 Å². The maximum Gasteiger partial charge on any atom is 0.218 e. The van der Waals surface area contributed by atoms with Crippen LogP contribution in [-0.4, -0.2) is 31.9 Å². The second kappa shape index (κ2) is 5.97. The zero-order chi connectivity index (χ0) is 14.0. The molecule has 0 amide bonds. The molecule has 1 aromatic rings. The molecule has 1 aromatic carbocycles. The molecule has 1 saturated heterocycles. The number of halogens is 2. The number of rotatable bonds is 4. The molecule has 106 valence electrons. The van der Waals surface area contributed by atoms with Crippen LogP contribution >= 0.6 is 23.2 Å². The van der Waals surface area contributed by atoms with Gasteiger partial charge in [0.25, 0.3) is 0 Å². The van der Waals surface area contributed by atoms with Crippen molar-refractivity contribution in [2.75, 3.05) is 13.1 Å². The topological polar surface area (TPSA) is 63.4 Å². The molecule has 7 heteroatoms. The molecule has 1 heterocycles. The lowest BCUT2D eigenvalue weighted by Crippen LogP contribution is -2.40. The Kier molecular flexibility index (Phi) is 4.74. The summed E-state index contributed by atoms with van der Waals surface area (Å²) in [5.41, 5.74) is 6.25. The molecule has 0 spiro atoms. The van der Waals surface area contributed by atoms with Gasteiger partial charge in [-0.25, -0.2) is 8.42 Å². The van der Waals surface area contributed by atoms with Gasteiger partial charge in [-0.05, 0) is 30.5 Å². The summed E-state index contributed by atoms with van der Waals surface area (Å²) in [5.74, 6) is -0.0691. The molecule has 1 fully saturated rings. The molecule has 0 radical (unpaired) electrons. The van der Waals surface area contributed by atoms with E-state index in [-0.39, 0.29) is 11.8 Å². The van der Waals surface area contributed by atoms with Gasteiger partial charge in [-0.1, -0.05) is 29.3 Å². The molecule has 2 N–H and O–H groups in total. The van der Waals surface area contributed by atoms with Crippen molar-refractivity contribution in [2.24, 2.45) is 5.73 Å². The number of nitrogens with zero attached hydrogens (tertiary/aromatic N) is 1. The van der Waals surface area contributed by atoms with E-state index in [2.05, 4.69) is 0 Å². The van der Waals surface area contributed by atoms with E-state index in [1.165, 1.54) is 4.31 Å². The first-order chi connectivity index (χ1) is 8.94. The van der Waals surface area contributed by atoms with Gasteiger partial charge < -0.3 is 5.73 Å². The van der Waals surface area contributed by atoms with Gasteiger partial charge in [0, 0.05) is 19.1 Å². The van der Waals surface area contributed by atoms with Gasteiger partial charge in [0.2, 0.25) is 10.0 Å². The smallest absolute Gasteiger partial charge is 0.218 e. The molecule has 1 aliphatic heterocycles. The second-order valence-electron chi connectivity index (χ2n) is 4.65. The average molecular weight is 323 g/mol. The zero-order valence-electron chi connectivity index (χ0n) is 10.4. The van der Waals surface area contributed by atoms with Crippen molar-refractivity contribution in [3.63, 3.8) is 0 Å². The summed E-state index contributed by atoms with van der Waals surface area (Å²) >= 11 is 11.7. The Bertz CT molecular complexity index is 563. The van der Waals surface area contributed by atoms with Gasteiger partial charge in [0.15, 0.2) is 0 Å². The fourth-order valence-electron chi connectivity index (χ4n) is 2.33. The Balaban J connectivity index is 2.19. The summed E-state index contributed by atoms with van der Waals surface area (Å²) in [6, 6.07) is 4.81. The lowest BCUT2D eigenvalue weighted by molar-refractivity contribution is 0.392. The van der Waals surface area contributed by atoms with Gasteiger partial charge >= 0.3 is 0 Å². The first-order valence-electron chi connectivity index (χ1n) is 6.07. The SMILES string of the molecule is NCC1CCCN1S(=O)(=O)Cc1ccc(Cl)c(Cl)c1. The molecular weight excluding hydrogens is 307 g/mol. The summed E-state index contributed by atoms with van der Waals surface area (Å²) < 4.78 is 26.2. The molecular formula is C12H16Cl2N2O2S. The molecule has 0 bridgehead atoms. The van der Waals surface area contributed by atoms with Crippen LogP contribution in [0.4, 0.5) is 0 Å². The summed E-state index contributed by atoms with van der Waals surface area (Å²) in [5, 5.41) is 0.787. The minimum atomic E-state index is -3.35. The standard InChI is InChI=1S/C12H16Cl2N2O2S/c13-11-4-3-9(6-12(11)14)8-19(17,18)16-5-1-2-10(16)7-15/h3-4,6,10H,1-2,5,7-8,15H2. The Morgan fingerprint density at radius 2 is 2.05 bits per heavy atom. The summed E-state index contributed by atoms with van der Waals surface area (Å²) in [4.78, 5) is 0. The van der Waals surface area contributed by atoms with Crippen LogP contribution in [0.5, 0.6) is 0 Å². The first-order valence-corrected chi connectivity index (χ1v) is 8.44. The quantitative estimate of drug-likeness (QED) is 0.924. The number of nitrogens with two attached hydrogens (primary N) is 1. The summed E-state index contributed by atoms with van der Waals surface area (Å²) in [6.45, 7) is 0.909. The van der Waals surface area contributed by atoms with Crippen LogP contribution in [0.25, 0.3) is 0 Å². The molecule has 4 nitrogen and oxygen atoms in total. The average Bonchev–Trinajstić information content (AvgIpc) is 2.82. The number of sulfonamides is 1. The van der Waals surface area contributed by atoms with E-state index in [0.29, 0.717) is 28.7 Å². The van der Waals surface area contributed by atoms with Crippen LogP contribution in [0.15, 0.2) is 18.2 Å². The summed E-state index contributed by atoms with van der Waals surface area (Å²) in [6.07, 6.45) is 1.69. The highest BCUT2D eigenvalue weighted by Gasteiger charge is 2.33. The Morgan fingerprint density at radius 1 is 1.32 bits per heavy atom. The number of benzene rings is 1. The Hall–Kier alpha value is -0.330. The predicted molar refractivity (Wildman–Crippen MR) is 77.9 cm³/mol. The number of hydrogen-bond acceptors (Lipinski definition) is 3. The molecule has 1 unspecified atom stereocenters. The minimum absolute atomic E-state index is 0.0691. The lowest BCUT2D eigenvalue weighted by Gasteiger charge is -2.22. The van der Waals surface area contributed by atoms with Crippen molar-refractivity contribution < 1.29 is 8.42 Å². The minimum Gasteiger partial charge on any atom is -0.329 e. The Labute approximate surface area is 123 Å². The van der Waals surface area contributed by atoms with Crippen LogP contribution in [-0.2, 0) is 15.8 Å². The largest absolute Gasteiger partial charge is 0.329 e. The highest BCUT2D eigenvalue weighted by Crippen LogP contribution is 2.26. The lowest BCUT2D eigenvalue weighted by atomic mass is 10.2. The molecule has 0 aromatic heterocycles. The van der Waals surface area contributed by atoms with Gasteiger partial charge in [0.1, 0.15) is 0 Å². The van der Waals surface area contributed by atoms with E-state index in [4.69, 9.17) is 28.9 Å². The van der Waals surface area contributed by atoms with Crippen molar-refractivity contribution >= 4 is 33.2 Å². The second-order valence-corrected chi connectivity index (χ2v) is 7.38. The van der Waals surface area contributed by atoms with Crippen LogP contribution in [0.1, 0.15) is 18.4 Å². The van der Waals surface area contributed by atoms with E-state index in [9.17, 15) is 8.42 Å². The first kappa shape index (κ1) is 15.1.